The van der Waals surface area contributed by atoms with Crippen molar-refractivity contribution in [2.75, 3.05) is 6.61 Å². The largest absolute Gasteiger partial charge is 0.350 e. The minimum atomic E-state index is -0.0384. The van der Waals surface area contributed by atoms with Crippen LogP contribution in [0.1, 0.15) is 44.6 Å². The summed E-state index contributed by atoms with van der Waals surface area (Å²) >= 11 is 0. The van der Waals surface area contributed by atoms with Crippen LogP contribution in [0.5, 0.6) is 0 Å². The SMILES string of the molecule is CCCCCC[C@@H]1COC(Cc2ccccc2)O1. The Hall–Kier alpha value is -0.860. The highest BCUT2D eigenvalue weighted by Gasteiger charge is 2.25. The molecule has 2 atom stereocenters. The Kier molecular flexibility index (Phi) is 5.69. The van der Waals surface area contributed by atoms with Gasteiger partial charge in [-0.3, -0.25) is 0 Å². The number of hydrogen-bond acceptors (Lipinski definition) is 2. The minimum absolute atomic E-state index is 0.0384. The second kappa shape index (κ2) is 7.55. The first-order valence-electron chi connectivity index (χ1n) is 7.19. The van der Waals surface area contributed by atoms with Gasteiger partial charge < -0.3 is 9.47 Å². The summed E-state index contributed by atoms with van der Waals surface area (Å²) < 4.78 is 11.6. The van der Waals surface area contributed by atoms with E-state index in [2.05, 4.69) is 31.2 Å². The molecule has 1 fully saturated rings. The van der Waals surface area contributed by atoms with E-state index in [0.717, 1.165) is 19.4 Å². The lowest BCUT2D eigenvalue weighted by molar-refractivity contribution is -0.0570. The predicted molar refractivity (Wildman–Crippen MR) is 73.5 cm³/mol. The van der Waals surface area contributed by atoms with Crippen LogP contribution in [0.3, 0.4) is 0 Å². The maximum atomic E-state index is 5.92. The van der Waals surface area contributed by atoms with Crippen LogP contribution in [0.2, 0.25) is 0 Å². The zero-order valence-electron chi connectivity index (χ0n) is 11.3. The molecular formula is C16H24O2. The molecular weight excluding hydrogens is 224 g/mol. The lowest BCUT2D eigenvalue weighted by Crippen LogP contribution is -2.14. The van der Waals surface area contributed by atoms with Crippen LogP contribution < -0.4 is 0 Å². The highest BCUT2D eigenvalue weighted by Crippen LogP contribution is 2.20. The van der Waals surface area contributed by atoms with E-state index < -0.39 is 0 Å². The van der Waals surface area contributed by atoms with Gasteiger partial charge in [0.2, 0.25) is 0 Å². The standard InChI is InChI=1S/C16H24O2/c1-2-3-4-8-11-15-13-17-16(18-15)12-14-9-6-5-7-10-14/h5-7,9-10,15-16H,2-4,8,11-13H2,1H3/t15-,16?/m1/s1. The molecule has 2 nitrogen and oxygen atoms in total. The molecule has 0 aliphatic carbocycles. The molecule has 1 aliphatic heterocycles. The first kappa shape index (κ1) is 13.6. The molecule has 0 aromatic heterocycles. The molecule has 1 aliphatic rings. The van der Waals surface area contributed by atoms with Gasteiger partial charge in [-0.1, -0.05) is 62.9 Å². The van der Waals surface area contributed by atoms with Gasteiger partial charge in [0.05, 0.1) is 12.7 Å². The van der Waals surface area contributed by atoms with Crippen LogP contribution in [-0.2, 0) is 15.9 Å². The van der Waals surface area contributed by atoms with Gasteiger partial charge in [0.15, 0.2) is 6.29 Å². The zero-order chi connectivity index (χ0) is 12.6. The highest BCUT2D eigenvalue weighted by atomic mass is 16.7. The summed E-state index contributed by atoms with van der Waals surface area (Å²) in [6.07, 6.45) is 7.50. The van der Waals surface area contributed by atoms with E-state index in [1.165, 1.54) is 31.2 Å². The number of hydrogen-bond donors (Lipinski definition) is 0. The minimum Gasteiger partial charge on any atom is -0.350 e. The molecule has 0 bridgehead atoms. The predicted octanol–water partition coefficient (Wildman–Crippen LogP) is 3.94. The van der Waals surface area contributed by atoms with Crippen molar-refractivity contribution in [3.05, 3.63) is 35.9 Å². The summed E-state index contributed by atoms with van der Waals surface area (Å²) in [5.41, 5.74) is 1.29. The Labute approximate surface area is 110 Å². The maximum Gasteiger partial charge on any atom is 0.162 e. The van der Waals surface area contributed by atoms with Crippen molar-refractivity contribution < 1.29 is 9.47 Å². The fourth-order valence-corrected chi connectivity index (χ4v) is 2.37. The van der Waals surface area contributed by atoms with Crippen molar-refractivity contribution >= 4 is 0 Å². The van der Waals surface area contributed by atoms with Crippen molar-refractivity contribution in [1.29, 1.82) is 0 Å². The Bertz CT molecular complexity index is 323. The molecule has 1 aromatic rings. The second-order valence-electron chi connectivity index (χ2n) is 5.06. The molecule has 1 heterocycles. The van der Waals surface area contributed by atoms with Crippen LogP contribution in [0, 0.1) is 0 Å². The van der Waals surface area contributed by atoms with Crippen molar-refractivity contribution in [3.8, 4) is 0 Å². The third-order valence-electron chi connectivity index (χ3n) is 3.44. The second-order valence-corrected chi connectivity index (χ2v) is 5.06. The zero-order valence-corrected chi connectivity index (χ0v) is 11.3. The van der Waals surface area contributed by atoms with Gasteiger partial charge in [-0.2, -0.15) is 0 Å². The van der Waals surface area contributed by atoms with Crippen molar-refractivity contribution in [3.63, 3.8) is 0 Å². The number of ether oxygens (including phenoxy) is 2. The molecule has 2 heteroatoms. The van der Waals surface area contributed by atoms with E-state index in [1.807, 2.05) is 6.07 Å². The van der Waals surface area contributed by atoms with Gasteiger partial charge in [0.1, 0.15) is 0 Å². The molecule has 0 N–H and O–H groups in total. The lowest BCUT2D eigenvalue weighted by Gasteiger charge is -2.11. The van der Waals surface area contributed by atoms with E-state index in [9.17, 15) is 0 Å². The van der Waals surface area contributed by atoms with Crippen LogP contribution in [-0.4, -0.2) is 19.0 Å². The molecule has 18 heavy (non-hydrogen) atoms. The molecule has 1 aromatic carbocycles. The van der Waals surface area contributed by atoms with Crippen LogP contribution in [0.25, 0.3) is 0 Å². The van der Waals surface area contributed by atoms with E-state index >= 15 is 0 Å². The van der Waals surface area contributed by atoms with Crippen molar-refractivity contribution in [2.45, 2.75) is 57.8 Å². The van der Waals surface area contributed by atoms with Gasteiger partial charge in [-0.25, -0.2) is 0 Å². The van der Waals surface area contributed by atoms with Gasteiger partial charge in [0.25, 0.3) is 0 Å². The molecule has 0 spiro atoms. The Balaban J connectivity index is 1.65. The third kappa shape index (κ3) is 4.43. The molecule has 0 amide bonds. The summed E-state index contributed by atoms with van der Waals surface area (Å²) in [6, 6.07) is 10.4. The summed E-state index contributed by atoms with van der Waals surface area (Å²) in [5, 5.41) is 0. The molecule has 1 unspecified atom stereocenters. The fourth-order valence-electron chi connectivity index (χ4n) is 2.37. The Morgan fingerprint density at radius 2 is 1.94 bits per heavy atom. The molecule has 1 saturated heterocycles. The number of unbranched alkanes of at least 4 members (excludes halogenated alkanes) is 3. The van der Waals surface area contributed by atoms with Crippen molar-refractivity contribution in [1.82, 2.24) is 0 Å². The quantitative estimate of drug-likeness (QED) is 0.680. The van der Waals surface area contributed by atoms with Gasteiger partial charge >= 0.3 is 0 Å². The first-order valence-corrected chi connectivity index (χ1v) is 7.19. The number of rotatable bonds is 7. The first-order chi connectivity index (χ1) is 8.88. The van der Waals surface area contributed by atoms with Crippen LogP contribution >= 0.6 is 0 Å². The van der Waals surface area contributed by atoms with Gasteiger partial charge in [0, 0.05) is 6.42 Å². The van der Waals surface area contributed by atoms with Crippen LogP contribution in [0.15, 0.2) is 30.3 Å². The fraction of sp³-hybridized carbons (Fsp3) is 0.625. The lowest BCUT2D eigenvalue weighted by atomic mass is 10.1. The Morgan fingerprint density at radius 1 is 1.11 bits per heavy atom. The van der Waals surface area contributed by atoms with E-state index in [-0.39, 0.29) is 6.29 Å². The molecule has 100 valence electrons. The van der Waals surface area contributed by atoms with Gasteiger partial charge in [-0.05, 0) is 12.0 Å². The average Bonchev–Trinajstić information content (AvgIpc) is 2.84. The normalized spacial score (nSPS) is 23.4. The van der Waals surface area contributed by atoms with Gasteiger partial charge in [-0.15, -0.1) is 0 Å². The van der Waals surface area contributed by atoms with E-state index in [1.54, 1.807) is 0 Å². The molecule has 2 rings (SSSR count). The maximum absolute atomic E-state index is 5.92. The Morgan fingerprint density at radius 3 is 2.72 bits per heavy atom. The van der Waals surface area contributed by atoms with E-state index in [0.29, 0.717) is 6.10 Å². The summed E-state index contributed by atoms with van der Waals surface area (Å²) in [6.45, 7) is 3.01. The summed E-state index contributed by atoms with van der Waals surface area (Å²) in [4.78, 5) is 0. The van der Waals surface area contributed by atoms with Crippen molar-refractivity contribution in [2.24, 2.45) is 0 Å². The number of benzene rings is 1. The highest BCUT2D eigenvalue weighted by molar-refractivity contribution is 5.15. The van der Waals surface area contributed by atoms with E-state index in [4.69, 9.17) is 9.47 Å². The monoisotopic (exact) mass is 248 g/mol. The summed E-state index contributed by atoms with van der Waals surface area (Å²) in [5.74, 6) is 0. The molecule has 0 saturated carbocycles. The molecule has 0 radical (unpaired) electrons. The van der Waals surface area contributed by atoms with Crippen LogP contribution in [0.4, 0.5) is 0 Å². The smallest absolute Gasteiger partial charge is 0.162 e. The average molecular weight is 248 g/mol. The topological polar surface area (TPSA) is 18.5 Å². The summed E-state index contributed by atoms with van der Waals surface area (Å²) in [7, 11) is 0. The third-order valence-corrected chi connectivity index (χ3v) is 3.44.